The lowest BCUT2D eigenvalue weighted by Crippen LogP contribution is -2.36. The average Bonchev–Trinajstić information content (AvgIpc) is 2.20. The highest BCUT2D eigenvalue weighted by atomic mass is 16.5. The molecule has 1 atom stereocenters. The van der Waals surface area contributed by atoms with Crippen molar-refractivity contribution in [3.8, 4) is 0 Å². The van der Waals surface area contributed by atoms with E-state index < -0.39 is 0 Å². The van der Waals surface area contributed by atoms with E-state index in [1.165, 1.54) is 25.9 Å². The van der Waals surface area contributed by atoms with Gasteiger partial charge in [-0.2, -0.15) is 0 Å². The quantitative estimate of drug-likeness (QED) is 0.671. The molecular weight excluding hydrogens is 176 g/mol. The predicted molar refractivity (Wildman–Crippen MR) is 59.6 cm³/mol. The van der Waals surface area contributed by atoms with Crippen LogP contribution in [-0.2, 0) is 4.74 Å². The van der Waals surface area contributed by atoms with Gasteiger partial charge in [-0.3, -0.25) is 0 Å². The van der Waals surface area contributed by atoms with Gasteiger partial charge in [0.25, 0.3) is 0 Å². The van der Waals surface area contributed by atoms with E-state index >= 15 is 0 Å². The maximum absolute atomic E-state index is 5.46. The molecule has 14 heavy (non-hydrogen) atoms. The van der Waals surface area contributed by atoms with Crippen molar-refractivity contribution in [2.45, 2.75) is 32.8 Å². The molecule has 0 aromatic rings. The second-order valence-electron chi connectivity index (χ2n) is 4.12. The summed E-state index contributed by atoms with van der Waals surface area (Å²) in [5, 5.41) is 6.87. The fourth-order valence-electron chi connectivity index (χ4n) is 1.92. The van der Waals surface area contributed by atoms with Crippen LogP contribution in [0.4, 0.5) is 0 Å². The van der Waals surface area contributed by atoms with Crippen molar-refractivity contribution in [1.29, 1.82) is 0 Å². The van der Waals surface area contributed by atoms with Gasteiger partial charge in [-0.25, -0.2) is 0 Å². The Balaban J connectivity index is 1.96. The molecule has 1 saturated heterocycles. The second-order valence-corrected chi connectivity index (χ2v) is 4.12. The molecule has 1 heterocycles. The summed E-state index contributed by atoms with van der Waals surface area (Å²) in [6.07, 6.45) is 2.98. The van der Waals surface area contributed by atoms with Gasteiger partial charge < -0.3 is 15.4 Å². The molecule has 1 rings (SSSR count). The summed E-state index contributed by atoms with van der Waals surface area (Å²) in [7, 11) is 0. The lowest BCUT2D eigenvalue weighted by molar-refractivity contribution is 0.0751. The molecule has 2 N–H and O–H groups in total. The maximum atomic E-state index is 5.46. The summed E-state index contributed by atoms with van der Waals surface area (Å²) in [4.78, 5) is 0. The van der Waals surface area contributed by atoms with Crippen molar-refractivity contribution in [2.24, 2.45) is 5.92 Å². The van der Waals surface area contributed by atoms with E-state index in [9.17, 15) is 0 Å². The fraction of sp³-hybridized carbons (Fsp3) is 1.00. The molecule has 0 radical (unpaired) electrons. The van der Waals surface area contributed by atoms with E-state index in [4.69, 9.17) is 4.74 Å². The molecule has 0 aromatic carbocycles. The van der Waals surface area contributed by atoms with E-state index in [1.807, 2.05) is 6.92 Å². The zero-order valence-electron chi connectivity index (χ0n) is 9.51. The van der Waals surface area contributed by atoms with Crippen molar-refractivity contribution in [1.82, 2.24) is 10.6 Å². The van der Waals surface area contributed by atoms with Gasteiger partial charge in [0.1, 0.15) is 0 Å². The summed E-state index contributed by atoms with van der Waals surface area (Å²) in [6.45, 7) is 9.50. The van der Waals surface area contributed by atoms with Crippen LogP contribution in [0.2, 0.25) is 0 Å². The molecule has 1 aliphatic heterocycles. The van der Waals surface area contributed by atoms with Crippen molar-refractivity contribution >= 4 is 0 Å². The number of hydrogen-bond acceptors (Lipinski definition) is 3. The lowest BCUT2D eigenvalue weighted by atomic mass is 9.98. The smallest absolute Gasteiger partial charge is 0.0671 e. The van der Waals surface area contributed by atoms with E-state index in [0.29, 0.717) is 6.10 Å². The molecule has 0 aliphatic carbocycles. The van der Waals surface area contributed by atoms with Crippen molar-refractivity contribution in [3.63, 3.8) is 0 Å². The minimum Gasteiger partial charge on any atom is -0.377 e. The van der Waals surface area contributed by atoms with Crippen molar-refractivity contribution in [3.05, 3.63) is 0 Å². The van der Waals surface area contributed by atoms with Crippen LogP contribution in [0.25, 0.3) is 0 Å². The second kappa shape index (κ2) is 7.21. The fourth-order valence-corrected chi connectivity index (χ4v) is 1.92. The normalized spacial score (nSPS) is 21.0. The molecule has 1 fully saturated rings. The largest absolute Gasteiger partial charge is 0.377 e. The Morgan fingerprint density at radius 3 is 2.79 bits per heavy atom. The monoisotopic (exact) mass is 200 g/mol. The molecule has 0 aromatic heterocycles. The van der Waals surface area contributed by atoms with Crippen LogP contribution in [0.15, 0.2) is 0 Å². The zero-order valence-corrected chi connectivity index (χ0v) is 9.51. The van der Waals surface area contributed by atoms with E-state index in [1.54, 1.807) is 0 Å². The molecular formula is C11H24N2O. The molecule has 0 spiro atoms. The average molecular weight is 200 g/mol. The summed E-state index contributed by atoms with van der Waals surface area (Å²) in [5.74, 6) is 0.866. The topological polar surface area (TPSA) is 33.3 Å². The van der Waals surface area contributed by atoms with Gasteiger partial charge in [-0.05, 0) is 52.2 Å². The van der Waals surface area contributed by atoms with Gasteiger partial charge in [-0.1, -0.05) is 0 Å². The van der Waals surface area contributed by atoms with Crippen LogP contribution in [-0.4, -0.2) is 38.9 Å². The standard InChI is InChI=1S/C11H24N2O/c1-3-14-10(2)8-13-9-11-4-6-12-7-5-11/h10-13H,3-9H2,1-2H3. The highest BCUT2D eigenvalue weighted by Gasteiger charge is 2.12. The third-order valence-electron chi connectivity index (χ3n) is 2.77. The van der Waals surface area contributed by atoms with Crippen LogP contribution >= 0.6 is 0 Å². The molecule has 84 valence electrons. The SMILES string of the molecule is CCOC(C)CNCC1CCNCC1. The van der Waals surface area contributed by atoms with Crippen LogP contribution in [0.3, 0.4) is 0 Å². The number of rotatable bonds is 6. The number of nitrogens with one attached hydrogen (secondary N) is 2. The molecule has 0 saturated carbocycles. The molecule has 1 aliphatic rings. The number of hydrogen-bond donors (Lipinski definition) is 2. The minimum absolute atomic E-state index is 0.349. The molecule has 0 amide bonds. The van der Waals surface area contributed by atoms with Crippen LogP contribution in [0, 0.1) is 5.92 Å². The van der Waals surface area contributed by atoms with Crippen molar-refractivity contribution in [2.75, 3.05) is 32.8 Å². The van der Waals surface area contributed by atoms with Crippen LogP contribution < -0.4 is 10.6 Å². The zero-order chi connectivity index (χ0) is 10.2. The number of ether oxygens (including phenoxy) is 1. The first kappa shape index (κ1) is 12.0. The highest BCUT2D eigenvalue weighted by Crippen LogP contribution is 2.09. The summed E-state index contributed by atoms with van der Waals surface area (Å²) >= 11 is 0. The van der Waals surface area contributed by atoms with Crippen LogP contribution in [0.1, 0.15) is 26.7 Å². The van der Waals surface area contributed by atoms with Gasteiger partial charge in [0.15, 0.2) is 0 Å². The molecule has 0 bridgehead atoms. The first-order valence-electron chi connectivity index (χ1n) is 5.86. The van der Waals surface area contributed by atoms with Gasteiger partial charge >= 0.3 is 0 Å². The van der Waals surface area contributed by atoms with Crippen molar-refractivity contribution < 1.29 is 4.74 Å². The van der Waals surface area contributed by atoms with Gasteiger partial charge in [-0.15, -0.1) is 0 Å². The highest BCUT2D eigenvalue weighted by molar-refractivity contribution is 4.70. The molecule has 3 heteroatoms. The Morgan fingerprint density at radius 2 is 2.14 bits per heavy atom. The Bertz CT molecular complexity index is 135. The van der Waals surface area contributed by atoms with E-state index in [0.717, 1.165) is 25.6 Å². The molecule has 3 nitrogen and oxygen atoms in total. The van der Waals surface area contributed by atoms with Gasteiger partial charge in [0, 0.05) is 13.2 Å². The van der Waals surface area contributed by atoms with Gasteiger partial charge in [0.05, 0.1) is 6.10 Å². The summed E-state index contributed by atoms with van der Waals surface area (Å²) in [6, 6.07) is 0. The third-order valence-corrected chi connectivity index (χ3v) is 2.77. The Morgan fingerprint density at radius 1 is 1.43 bits per heavy atom. The first-order chi connectivity index (χ1) is 6.83. The van der Waals surface area contributed by atoms with Gasteiger partial charge in [0.2, 0.25) is 0 Å². The summed E-state index contributed by atoms with van der Waals surface area (Å²) in [5.41, 5.74) is 0. The van der Waals surface area contributed by atoms with Crippen LogP contribution in [0.5, 0.6) is 0 Å². The van der Waals surface area contributed by atoms with E-state index in [2.05, 4.69) is 17.6 Å². The Hall–Kier alpha value is -0.120. The number of piperidine rings is 1. The molecule has 1 unspecified atom stereocenters. The summed E-state index contributed by atoms with van der Waals surface area (Å²) < 4.78 is 5.46. The Labute approximate surface area is 87.6 Å². The predicted octanol–water partition coefficient (Wildman–Crippen LogP) is 1.00. The first-order valence-corrected chi connectivity index (χ1v) is 5.86. The maximum Gasteiger partial charge on any atom is 0.0671 e. The minimum atomic E-state index is 0.349. The third kappa shape index (κ3) is 4.94. The van der Waals surface area contributed by atoms with E-state index in [-0.39, 0.29) is 0 Å². The lowest BCUT2D eigenvalue weighted by Gasteiger charge is -2.23. The Kier molecular flexibility index (Phi) is 6.15.